The molecular formula is C16H16O3. The van der Waals surface area contributed by atoms with E-state index in [-0.39, 0.29) is 12.6 Å². The van der Waals surface area contributed by atoms with Crippen LogP contribution in [0.1, 0.15) is 22.8 Å². The summed E-state index contributed by atoms with van der Waals surface area (Å²) < 4.78 is 10.7. The molecule has 2 aromatic rings. The zero-order valence-corrected chi connectivity index (χ0v) is 10.8. The van der Waals surface area contributed by atoms with Crippen LogP contribution < -0.4 is 4.74 Å². The fourth-order valence-electron chi connectivity index (χ4n) is 1.70. The molecule has 19 heavy (non-hydrogen) atoms. The lowest BCUT2D eigenvalue weighted by atomic mass is 10.2. The minimum atomic E-state index is -0.317. The lowest BCUT2D eigenvalue weighted by molar-refractivity contribution is 0.0472. The Hall–Kier alpha value is -2.29. The predicted octanol–water partition coefficient (Wildman–Crippen LogP) is 3.44. The third kappa shape index (κ3) is 3.85. The van der Waals surface area contributed by atoms with Gasteiger partial charge in [-0.2, -0.15) is 0 Å². The SMILES string of the molecule is CCOc1cccc(COC(=O)c2ccccc2)c1. The second kappa shape index (κ2) is 6.59. The van der Waals surface area contributed by atoms with Crippen molar-refractivity contribution >= 4 is 5.97 Å². The Bertz CT molecular complexity index is 535. The molecule has 0 aliphatic rings. The third-order valence-corrected chi connectivity index (χ3v) is 2.59. The maximum Gasteiger partial charge on any atom is 0.338 e. The summed E-state index contributed by atoms with van der Waals surface area (Å²) in [4.78, 5) is 11.8. The summed E-state index contributed by atoms with van der Waals surface area (Å²) in [6.07, 6.45) is 0. The number of hydrogen-bond donors (Lipinski definition) is 0. The van der Waals surface area contributed by atoms with Crippen molar-refractivity contribution in [1.29, 1.82) is 0 Å². The molecule has 0 spiro atoms. The van der Waals surface area contributed by atoms with E-state index in [0.29, 0.717) is 12.2 Å². The van der Waals surface area contributed by atoms with Crippen LogP contribution in [0.3, 0.4) is 0 Å². The molecule has 2 aromatic carbocycles. The number of benzene rings is 2. The average molecular weight is 256 g/mol. The van der Waals surface area contributed by atoms with Crippen LogP contribution in [0.4, 0.5) is 0 Å². The standard InChI is InChI=1S/C16H16O3/c1-2-18-15-10-6-7-13(11-15)12-19-16(17)14-8-4-3-5-9-14/h3-11H,2,12H2,1H3. The first kappa shape index (κ1) is 13.1. The Kier molecular flexibility index (Phi) is 4.56. The number of hydrogen-bond acceptors (Lipinski definition) is 3. The van der Waals surface area contributed by atoms with Gasteiger partial charge in [-0.3, -0.25) is 0 Å². The minimum Gasteiger partial charge on any atom is -0.494 e. The molecule has 0 aliphatic heterocycles. The number of carbonyl (C=O) groups excluding carboxylic acids is 1. The van der Waals surface area contributed by atoms with E-state index >= 15 is 0 Å². The van der Waals surface area contributed by atoms with E-state index < -0.39 is 0 Å². The van der Waals surface area contributed by atoms with Gasteiger partial charge in [0.05, 0.1) is 12.2 Å². The van der Waals surface area contributed by atoms with Crippen LogP contribution in [0.2, 0.25) is 0 Å². The van der Waals surface area contributed by atoms with Crippen molar-refractivity contribution in [2.45, 2.75) is 13.5 Å². The number of carbonyl (C=O) groups is 1. The molecule has 0 heterocycles. The van der Waals surface area contributed by atoms with E-state index in [0.717, 1.165) is 11.3 Å². The normalized spacial score (nSPS) is 9.95. The van der Waals surface area contributed by atoms with Gasteiger partial charge in [-0.05, 0) is 36.8 Å². The Morgan fingerprint density at radius 3 is 2.58 bits per heavy atom. The Morgan fingerprint density at radius 1 is 1.05 bits per heavy atom. The number of rotatable bonds is 5. The molecule has 0 fully saturated rings. The average Bonchev–Trinajstić information content (AvgIpc) is 2.46. The van der Waals surface area contributed by atoms with Gasteiger partial charge in [0.25, 0.3) is 0 Å². The van der Waals surface area contributed by atoms with Gasteiger partial charge in [0.1, 0.15) is 12.4 Å². The van der Waals surface area contributed by atoms with Gasteiger partial charge in [0.2, 0.25) is 0 Å². The summed E-state index contributed by atoms with van der Waals surface area (Å²) in [6.45, 7) is 2.80. The molecule has 3 heteroatoms. The molecule has 0 N–H and O–H groups in total. The van der Waals surface area contributed by atoms with E-state index in [9.17, 15) is 4.79 Å². The second-order valence-electron chi connectivity index (χ2n) is 4.02. The molecule has 0 saturated carbocycles. The van der Waals surface area contributed by atoms with Crippen molar-refractivity contribution in [3.05, 3.63) is 65.7 Å². The van der Waals surface area contributed by atoms with E-state index in [2.05, 4.69) is 0 Å². The number of ether oxygens (including phenoxy) is 2. The van der Waals surface area contributed by atoms with Gasteiger partial charge < -0.3 is 9.47 Å². The second-order valence-corrected chi connectivity index (χ2v) is 4.02. The Labute approximate surface area is 112 Å². The van der Waals surface area contributed by atoms with Crippen LogP contribution in [-0.4, -0.2) is 12.6 Å². The summed E-state index contributed by atoms with van der Waals surface area (Å²) >= 11 is 0. The summed E-state index contributed by atoms with van der Waals surface area (Å²) in [5.74, 6) is 0.471. The molecule has 0 radical (unpaired) electrons. The largest absolute Gasteiger partial charge is 0.494 e. The van der Waals surface area contributed by atoms with E-state index in [1.807, 2.05) is 49.4 Å². The monoisotopic (exact) mass is 256 g/mol. The zero-order valence-electron chi connectivity index (χ0n) is 10.8. The van der Waals surface area contributed by atoms with Gasteiger partial charge in [0, 0.05) is 0 Å². The van der Waals surface area contributed by atoms with E-state index in [1.165, 1.54) is 0 Å². The highest BCUT2D eigenvalue weighted by molar-refractivity contribution is 5.89. The molecule has 0 unspecified atom stereocenters. The molecular weight excluding hydrogens is 240 g/mol. The maximum atomic E-state index is 11.8. The van der Waals surface area contributed by atoms with Crippen LogP contribution in [0.5, 0.6) is 5.75 Å². The lowest BCUT2D eigenvalue weighted by Crippen LogP contribution is -2.05. The topological polar surface area (TPSA) is 35.5 Å². The molecule has 2 rings (SSSR count). The first-order valence-corrected chi connectivity index (χ1v) is 6.23. The highest BCUT2D eigenvalue weighted by atomic mass is 16.5. The van der Waals surface area contributed by atoms with E-state index in [1.54, 1.807) is 12.1 Å². The van der Waals surface area contributed by atoms with Crippen molar-refractivity contribution in [3.63, 3.8) is 0 Å². The highest BCUT2D eigenvalue weighted by Gasteiger charge is 2.06. The summed E-state index contributed by atoms with van der Waals surface area (Å²) in [6, 6.07) is 16.5. The van der Waals surface area contributed by atoms with Gasteiger partial charge in [-0.15, -0.1) is 0 Å². The summed E-state index contributed by atoms with van der Waals surface area (Å²) in [5, 5.41) is 0. The summed E-state index contributed by atoms with van der Waals surface area (Å²) in [5.41, 5.74) is 1.47. The maximum absolute atomic E-state index is 11.8. The molecule has 0 aromatic heterocycles. The molecule has 0 aliphatic carbocycles. The lowest BCUT2D eigenvalue weighted by Gasteiger charge is -2.07. The summed E-state index contributed by atoms with van der Waals surface area (Å²) in [7, 11) is 0. The van der Waals surface area contributed by atoms with E-state index in [4.69, 9.17) is 9.47 Å². The predicted molar refractivity (Wildman–Crippen MR) is 73.2 cm³/mol. The molecule has 0 atom stereocenters. The first-order valence-electron chi connectivity index (χ1n) is 6.23. The van der Waals surface area contributed by atoms with Gasteiger partial charge in [0.15, 0.2) is 0 Å². The highest BCUT2D eigenvalue weighted by Crippen LogP contribution is 2.14. The zero-order chi connectivity index (χ0) is 13.5. The van der Waals surface area contributed by atoms with Crippen molar-refractivity contribution in [3.8, 4) is 5.75 Å². The van der Waals surface area contributed by atoms with Crippen molar-refractivity contribution in [2.75, 3.05) is 6.61 Å². The van der Waals surface area contributed by atoms with Crippen LogP contribution in [0.15, 0.2) is 54.6 Å². The molecule has 0 saturated heterocycles. The minimum absolute atomic E-state index is 0.245. The Balaban J connectivity index is 1.95. The smallest absolute Gasteiger partial charge is 0.338 e. The quantitative estimate of drug-likeness (QED) is 0.769. The van der Waals surface area contributed by atoms with Crippen LogP contribution in [-0.2, 0) is 11.3 Å². The molecule has 3 nitrogen and oxygen atoms in total. The van der Waals surface area contributed by atoms with Crippen LogP contribution in [0, 0.1) is 0 Å². The van der Waals surface area contributed by atoms with Gasteiger partial charge in [-0.25, -0.2) is 4.79 Å². The molecule has 0 amide bonds. The van der Waals surface area contributed by atoms with Crippen LogP contribution >= 0.6 is 0 Å². The Morgan fingerprint density at radius 2 is 1.84 bits per heavy atom. The van der Waals surface area contributed by atoms with Crippen molar-refractivity contribution in [2.24, 2.45) is 0 Å². The first-order chi connectivity index (χ1) is 9.29. The van der Waals surface area contributed by atoms with Gasteiger partial charge in [-0.1, -0.05) is 30.3 Å². The van der Waals surface area contributed by atoms with Crippen molar-refractivity contribution < 1.29 is 14.3 Å². The van der Waals surface area contributed by atoms with Gasteiger partial charge >= 0.3 is 5.97 Å². The fraction of sp³-hybridized carbons (Fsp3) is 0.188. The molecule has 98 valence electrons. The van der Waals surface area contributed by atoms with Crippen molar-refractivity contribution in [1.82, 2.24) is 0 Å². The fourth-order valence-corrected chi connectivity index (χ4v) is 1.70. The molecule has 0 bridgehead atoms. The third-order valence-electron chi connectivity index (χ3n) is 2.59. The number of esters is 1. The van der Waals surface area contributed by atoms with Crippen LogP contribution in [0.25, 0.3) is 0 Å².